The van der Waals surface area contributed by atoms with Gasteiger partial charge in [0.15, 0.2) is 0 Å². The Bertz CT molecular complexity index is 326. The Kier molecular flexibility index (Phi) is 5.07. The maximum atomic E-state index is 5.76. The fourth-order valence-electron chi connectivity index (χ4n) is 1.99. The molecule has 2 rings (SSSR count). The van der Waals surface area contributed by atoms with E-state index in [2.05, 4.69) is 15.5 Å². The van der Waals surface area contributed by atoms with Gasteiger partial charge in [-0.3, -0.25) is 0 Å². The van der Waals surface area contributed by atoms with Crippen LogP contribution in [0.5, 0.6) is 0 Å². The third kappa shape index (κ3) is 4.16. The van der Waals surface area contributed by atoms with Crippen LogP contribution in [0.25, 0.3) is 0 Å². The lowest BCUT2D eigenvalue weighted by molar-refractivity contribution is 0.0346. The fraction of sp³-hybridized carbons (Fsp3) is 0.818. The normalized spacial score (nSPS) is 17.2. The summed E-state index contributed by atoms with van der Waals surface area (Å²) >= 11 is 5.55. The molecule has 1 aliphatic carbocycles. The van der Waals surface area contributed by atoms with Crippen molar-refractivity contribution in [2.24, 2.45) is 0 Å². The van der Waals surface area contributed by atoms with Crippen molar-refractivity contribution < 1.29 is 9.15 Å². The van der Waals surface area contributed by atoms with Gasteiger partial charge in [-0.1, -0.05) is 24.4 Å². The number of hydrogen-bond acceptors (Lipinski definition) is 5. The number of anilines is 1. The molecular formula is C11H18ClN3O2. The van der Waals surface area contributed by atoms with Crippen LogP contribution in [0.4, 0.5) is 6.01 Å². The Morgan fingerprint density at radius 2 is 2.12 bits per heavy atom. The van der Waals surface area contributed by atoms with E-state index in [0.717, 1.165) is 0 Å². The predicted molar refractivity (Wildman–Crippen MR) is 65.2 cm³/mol. The van der Waals surface area contributed by atoms with Crippen LogP contribution in [0.2, 0.25) is 0 Å². The zero-order valence-electron chi connectivity index (χ0n) is 9.82. The van der Waals surface area contributed by atoms with Gasteiger partial charge in [0, 0.05) is 6.54 Å². The molecule has 6 heteroatoms. The summed E-state index contributed by atoms with van der Waals surface area (Å²) < 4.78 is 11.0. The van der Waals surface area contributed by atoms with E-state index < -0.39 is 0 Å². The number of hydrogen-bond donors (Lipinski definition) is 1. The monoisotopic (exact) mass is 259 g/mol. The number of ether oxygens (including phenoxy) is 1. The predicted octanol–water partition coefficient (Wildman–Crippen LogP) is 2.57. The first-order valence-electron chi connectivity index (χ1n) is 6.12. The van der Waals surface area contributed by atoms with Gasteiger partial charge in [-0.15, -0.1) is 16.7 Å². The highest BCUT2D eigenvalue weighted by molar-refractivity contribution is 6.16. The quantitative estimate of drug-likeness (QED) is 0.628. The van der Waals surface area contributed by atoms with E-state index in [1.54, 1.807) is 0 Å². The Morgan fingerprint density at radius 1 is 1.29 bits per heavy atom. The van der Waals surface area contributed by atoms with Crippen LogP contribution in [0.3, 0.4) is 0 Å². The second kappa shape index (κ2) is 6.81. The molecule has 0 atom stereocenters. The van der Waals surface area contributed by atoms with Gasteiger partial charge in [-0.05, 0) is 12.8 Å². The first-order chi connectivity index (χ1) is 8.38. The summed E-state index contributed by atoms with van der Waals surface area (Å²) in [6.07, 6.45) is 6.75. The van der Waals surface area contributed by atoms with Crippen molar-refractivity contribution in [1.29, 1.82) is 0 Å². The topological polar surface area (TPSA) is 60.2 Å². The van der Waals surface area contributed by atoms with Crippen molar-refractivity contribution in [1.82, 2.24) is 10.2 Å². The molecule has 1 fully saturated rings. The van der Waals surface area contributed by atoms with Crippen molar-refractivity contribution in [3.8, 4) is 0 Å². The molecule has 17 heavy (non-hydrogen) atoms. The number of halogens is 1. The summed E-state index contributed by atoms with van der Waals surface area (Å²) in [4.78, 5) is 0. The number of aromatic nitrogens is 2. The van der Waals surface area contributed by atoms with E-state index in [9.17, 15) is 0 Å². The maximum Gasteiger partial charge on any atom is 0.315 e. The summed E-state index contributed by atoms with van der Waals surface area (Å²) in [5.41, 5.74) is 0. The summed E-state index contributed by atoms with van der Waals surface area (Å²) in [7, 11) is 0. The van der Waals surface area contributed by atoms with Crippen LogP contribution in [-0.4, -0.2) is 29.5 Å². The number of rotatable bonds is 6. The third-order valence-corrected chi connectivity index (χ3v) is 3.09. The van der Waals surface area contributed by atoms with Gasteiger partial charge >= 0.3 is 6.01 Å². The molecule has 0 radical (unpaired) electrons. The van der Waals surface area contributed by atoms with E-state index in [1.807, 2.05) is 0 Å². The highest BCUT2D eigenvalue weighted by atomic mass is 35.5. The molecule has 0 aromatic carbocycles. The number of nitrogens with one attached hydrogen (secondary N) is 1. The van der Waals surface area contributed by atoms with Crippen LogP contribution >= 0.6 is 11.6 Å². The zero-order chi connectivity index (χ0) is 11.9. The van der Waals surface area contributed by atoms with Gasteiger partial charge < -0.3 is 14.5 Å². The van der Waals surface area contributed by atoms with E-state index in [4.69, 9.17) is 20.8 Å². The van der Waals surface area contributed by atoms with Crippen LogP contribution < -0.4 is 5.32 Å². The molecule has 1 aromatic rings. The molecule has 0 bridgehead atoms. The molecule has 1 aliphatic rings. The van der Waals surface area contributed by atoms with E-state index in [0.29, 0.717) is 31.2 Å². The minimum absolute atomic E-state index is 0.243. The second-order valence-corrected chi connectivity index (χ2v) is 4.46. The van der Waals surface area contributed by atoms with Gasteiger partial charge in [-0.25, -0.2) is 0 Å². The number of nitrogens with zero attached hydrogens (tertiary/aromatic N) is 2. The van der Waals surface area contributed by atoms with Crippen molar-refractivity contribution in [2.45, 2.75) is 44.1 Å². The molecule has 1 N–H and O–H groups in total. The van der Waals surface area contributed by atoms with E-state index in [-0.39, 0.29) is 5.88 Å². The number of alkyl halides is 1. The summed E-state index contributed by atoms with van der Waals surface area (Å²) in [5, 5.41) is 10.6. The van der Waals surface area contributed by atoms with Crippen LogP contribution in [0.15, 0.2) is 4.42 Å². The molecule has 1 aromatic heterocycles. The average Bonchev–Trinajstić information content (AvgIpc) is 2.84. The Balaban J connectivity index is 1.59. The fourth-order valence-corrected chi connectivity index (χ4v) is 2.10. The van der Waals surface area contributed by atoms with Crippen LogP contribution in [0, 0.1) is 0 Å². The molecule has 1 heterocycles. The van der Waals surface area contributed by atoms with Gasteiger partial charge in [0.25, 0.3) is 0 Å². The van der Waals surface area contributed by atoms with Crippen LogP contribution in [-0.2, 0) is 10.6 Å². The lowest BCUT2D eigenvalue weighted by Crippen LogP contribution is -2.20. The molecule has 0 spiro atoms. The minimum Gasteiger partial charge on any atom is -0.407 e. The van der Waals surface area contributed by atoms with Crippen molar-refractivity contribution in [3.63, 3.8) is 0 Å². The Hall–Kier alpha value is -0.810. The Morgan fingerprint density at radius 3 is 2.82 bits per heavy atom. The van der Waals surface area contributed by atoms with Crippen LogP contribution in [0.1, 0.15) is 38.0 Å². The summed E-state index contributed by atoms with van der Waals surface area (Å²) in [6.45, 7) is 1.35. The Labute approximate surface area is 106 Å². The molecule has 96 valence electrons. The van der Waals surface area contributed by atoms with Gasteiger partial charge in [-0.2, -0.15) is 0 Å². The summed E-state index contributed by atoms with van der Waals surface area (Å²) in [5.74, 6) is 0.676. The molecule has 1 saturated carbocycles. The van der Waals surface area contributed by atoms with Crippen molar-refractivity contribution >= 4 is 17.6 Å². The molecule has 5 nitrogen and oxygen atoms in total. The maximum absolute atomic E-state index is 5.76. The first-order valence-corrected chi connectivity index (χ1v) is 6.66. The lowest BCUT2D eigenvalue weighted by Gasteiger charge is -2.21. The third-order valence-electron chi connectivity index (χ3n) is 2.87. The van der Waals surface area contributed by atoms with Crippen molar-refractivity contribution in [2.75, 3.05) is 18.5 Å². The lowest BCUT2D eigenvalue weighted by atomic mass is 9.98. The van der Waals surface area contributed by atoms with E-state index >= 15 is 0 Å². The first kappa shape index (κ1) is 12.6. The minimum atomic E-state index is 0.243. The zero-order valence-corrected chi connectivity index (χ0v) is 10.6. The molecule has 0 aliphatic heterocycles. The van der Waals surface area contributed by atoms with E-state index in [1.165, 1.54) is 32.1 Å². The highest BCUT2D eigenvalue weighted by Gasteiger charge is 2.13. The molecular weight excluding hydrogens is 242 g/mol. The standard InChI is InChI=1S/C11H18ClN3O2/c12-8-10-14-15-11(17-10)13-6-7-16-9-4-2-1-3-5-9/h9H,1-8H2,(H,13,15). The molecule has 0 unspecified atom stereocenters. The van der Waals surface area contributed by atoms with Crippen molar-refractivity contribution in [3.05, 3.63) is 5.89 Å². The second-order valence-electron chi connectivity index (χ2n) is 4.19. The van der Waals surface area contributed by atoms with Gasteiger partial charge in [0.05, 0.1) is 12.7 Å². The average molecular weight is 260 g/mol. The SMILES string of the molecule is ClCc1nnc(NCCOC2CCCCC2)o1. The largest absolute Gasteiger partial charge is 0.407 e. The van der Waals surface area contributed by atoms with Gasteiger partial charge in [0.1, 0.15) is 5.88 Å². The highest BCUT2D eigenvalue weighted by Crippen LogP contribution is 2.19. The molecule has 0 amide bonds. The summed E-state index contributed by atoms with van der Waals surface area (Å²) in [6, 6.07) is 0.410. The molecule has 0 saturated heterocycles. The smallest absolute Gasteiger partial charge is 0.315 e. The van der Waals surface area contributed by atoms with Gasteiger partial charge in [0.2, 0.25) is 5.89 Å².